The van der Waals surface area contributed by atoms with E-state index in [2.05, 4.69) is 15.0 Å². The number of allylic oxidation sites excluding steroid dienone is 1. The van der Waals surface area contributed by atoms with Crippen molar-refractivity contribution in [3.05, 3.63) is 59.8 Å². The third-order valence-corrected chi connectivity index (χ3v) is 3.99. The molecular formula is C20H20FN3O2. The van der Waals surface area contributed by atoms with E-state index in [9.17, 15) is 9.18 Å². The number of halogens is 1. The van der Waals surface area contributed by atoms with Crippen molar-refractivity contribution < 1.29 is 13.9 Å². The summed E-state index contributed by atoms with van der Waals surface area (Å²) in [6.45, 7) is 3.96. The van der Waals surface area contributed by atoms with Gasteiger partial charge in [-0.2, -0.15) is 0 Å². The standard InChI is InChI=1S/C20H20FN3O2/c1-13(2)17(25)8-4-6-15-10-22-19-18(15)20(24-12-23-19)26-11-14-5-3-7-16(21)9-14/h3-7,9-10,12-13H,8,11H2,1-2H3,(H,22,23,24)/b6-4+. The molecule has 0 unspecified atom stereocenters. The summed E-state index contributed by atoms with van der Waals surface area (Å²) < 4.78 is 19.1. The van der Waals surface area contributed by atoms with Gasteiger partial charge in [0.05, 0.1) is 5.39 Å². The summed E-state index contributed by atoms with van der Waals surface area (Å²) in [4.78, 5) is 23.2. The van der Waals surface area contributed by atoms with Crippen molar-refractivity contribution in [1.29, 1.82) is 0 Å². The number of aromatic amines is 1. The number of benzene rings is 1. The minimum atomic E-state index is -0.306. The Morgan fingerprint density at radius 2 is 2.19 bits per heavy atom. The third kappa shape index (κ3) is 4.14. The van der Waals surface area contributed by atoms with Crippen molar-refractivity contribution in [2.45, 2.75) is 26.9 Å². The Hall–Kier alpha value is -3.02. The van der Waals surface area contributed by atoms with E-state index in [0.717, 1.165) is 10.9 Å². The van der Waals surface area contributed by atoms with E-state index >= 15 is 0 Å². The molecule has 5 nitrogen and oxygen atoms in total. The molecule has 1 aromatic carbocycles. The SMILES string of the molecule is CC(C)C(=O)C/C=C/c1c[nH]c2ncnc(OCc3cccc(F)c3)c12. The molecule has 0 aliphatic heterocycles. The van der Waals surface area contributed by atoms with Crippen LogP contribution in [0, 0.1) is 11.7 Å². The van der Waals surface area contributed by atoms with Crippen molar-refractivity contribution in [2.75, 3.05) is 0 Å². The highest BCUT2D eigenvalue weighted by Gasteiger charge is 2.11. The second-order valence-electron chi connectivity index (χ2n) is 6.29. The van der Waals surface area contributed by atoms with Gasteiger partial charge in [-0.1, -0.05) is 38.1 Å². The van der Waals surface area contributed by atoms with Crippen LogP contribution in [-0.4, -0.2) is 20.7 Å². The Morgan fingerprint density at radius 1 is 1.35 bits per heavy atom. The van der Waals surface area contributed by atoms with E-state index in [1.165, 1.54) is 18.5 Å². The zero-order valence-corrected chi connectivity index (χ0v) is 14.7. The van der Waals surface area contributed by atoms with E-state index < -0.39 is 0 Å². The molecule has 0 radical (unpaired) electrons. The summed E-state index contributed by atoms with van der Waals surface area (Å²) in [5.41, 5.74) is 2.20. The van der Waals surface area contributed by atoms with Crippen molar-refractivity contribution in [2.24, 2.45) is 5.92 Å². The van der Waals surface area contributed by atoms with Crippen LogP contribution >= 0.6 is 0 Å². The van der Waals surface area contributed by atoms with Gasteiger partial charge in [-0.25, -0.2) is 14.4 Å². The summed E-state index contributed by atoms with van der Waals surface area (Å²) in [6, 6.07) is 6.24. The van der Waals surface area contributed by atoms with Crippen LogP contribution in [0.5, 0.6) is 5.88 Å². The van der Waals surface area contributed by atoms with E-state index in [-0.39, 0.29) is 24.1 Å². The lowest BCUT2D eigenvalue weighted by Crippen LogP contribution is -2.04. The lowest BCUT2D eigenvalue weighted by Gasteiger charge is -2.07. The van der Waals surface area contributed by atoms with Gasteiger partial charge >= 0.3 is 0 Å². The molecule has 0 atom stereocenters. The molecule has 3 aromatic rings. The number of rotatable bonds is 7. The van der Waals surface area contributed by atoms with E-state index in [1.807, 2.05) is 26.0 Å². The van der Waals surface area contributed by atoms with Crippen LogP contribution in [0.2, 0.25) is 0 Å². The fourth-order valence-electron chi connectivity index (χ4n) is 2.51. The minimum Gasteiger partial charge on any atom is -0.472 e. The van der Waals surface area contributed by atoms with Gasteiger partial charge in [-0.3, -0.25) is 4.79 Å². The molecule has 0 bridgehead atoms. The number of ketones is 1. The van der Waals surface area contributed by atoms with Crippen LogP contribution in [0.25, 0.3) is 17.1 Å². The van der Waals surface area contributed by atoms with Gasteiger partial charge < -0.3 is 9.72 Å². The Bertz CT molecular complexity index is 947. The van der Waals surface area contributed by atoms with E-state index in [4.69, 9.17) is 4.74 Å². The molecule has 0 spiro atoms. The molecule has 134 valence electrons. The molecular weight excluding hydrogens is 333 g/mol. The number of carbonyl (C=O) groups is 1. The van der Waals surface area contributed by atoms with Crippen LogP contribution in [-0.2, 0) is 11.4 Å². The number of carbonyl (C=O) groups excluding carboxylic acids is 1. The molecule has 0 fully saturated rings. The fourth-order valence-corrected chi connectivity index (χ4v) is 2.51. The van der Waals surface area contributed by atoms with Gasteiger partial charge in [0, 0.05) is 24.1 Å². The summed E-state index contributed by atoms with van der Waals surface area (Å²) in [5.74, 6) is 0.297. The van der Waals surface area contributed by atoms with Crippen LogP contribution in [0.15, 0.2) is 42.9 Å². The number of Topliss-reactive ketones (excluding diaryl/α,β-unsaturated/α-hetero) is 1. The molecule has 0 amide bonds. The van der Waals surface area contributed by atoms with Crippen molar-refractivity contribution in [3.63, 3.8) is 0 Å². The van der Waals surface area contributed by atoms with Gasteiger partial charge in [-0.15, -0.1) is 0 Å². The third-order valence-electron chi connectivity index (χ3n) is 3.99. The van der Waals surface area contributed by atoms with Crippen LogP contribution in [0.4, 0.5) is 4.39 Å². The second-order valence-corrected chi connectivity index (χ2v) is 6.29. The Morgan fingerprint density at radius 3 is 2.96 bits per heavy atom. The maximum Gasteiger partial charge on any atom is 0.227 e. The number of nitrogens with zero attached hydrogens (tertiary/aromatic N) is 2. The number of hydrogen-bond donors (Lipinski definition) is 1. The molecule has 6 heteroatoms. The molecule has 0 saturated heterocycles. The molecule has 2 aromatic heterocycles. The number of fused-ring (bicyclic) bond motifs is 1. The molecule has 0 saturated carbocycles. The highest BCUT2D eigenvalue weighted by atomic mass is 19.1. The van der Waals surface area contributed by atoms with Gasteiger partial charge in [0.2, 0.25) is 5.88 Å². The Labute approximate surface area is 150 Å². The van der Waals surface area contributed by atoms with Crippen LogP contribution in [0.3, 0.4) is 0 Å². The number of ether oxygens (including phenoxy) is 1. The van der Waals surface area contributed by atoms with Gasteiger partial charge in [0.1, 0.15) is 30.2 Å². The summed E-state index contributed by atoms with van der Waals surface area (Å²) in [5, 5.41) is 0.733. The average Bonchev–Trinajstić information content (AvgIpc) is 3.03. The zero-order chi connectivity index (χ0) is 18.5. The number of aromatic nitrogens is 3. The van der Waals surface area contributed by atoms with Gasteiger partial charge in [0.15, 0.2) is 0 Å². The monoisotopic (exact) mass is 353 g/mol. The molecule has 0 aliphatic carbocycles. The molecule has 1 N–H and O–H groups in total. The first-order valence-electron chi connectivity index (χ1n) is 8.43. The first-order chi connectivity index (χ1) is 12.5. The number of hydrogen-bond acceptors (Lipinski definition) is 4. The predicted octanol–water partition coefficient (Wildman–Crippen LogP) is 4.30. The first-order valence-corrected chi connectivity index (χ1v) is 8.43. The lowest BCUT2D eigenvalue weighted by molar-refractivity contribution is -0.121. The van der Waals surface area contributed by atoms with Crippen molar-refractivity contribution in [1.82, 2.24) is 15.0 Å². The topological polar surface area (TPSA) is 67.9 Å². The first kappa shape index (κ1) is 17.8. The van der Waals surface area contributed by atoms with Gasteiger partial charge in [-0.05, 0) is 17.7 Å². The summed E-state index contributed by atoms with van der Waals surface area (Å²) >= 11 is 0. The minimum absolute atomic E-state index is 0.0103. The maximum atomic E-state index is 13.3. The Kier molecular flexibility index (Phi) is 5.41. The smallest absolute Gasteiger partial charge is 0.227 e. The average molecular weight is 353 g/mol. The summed E-state index contributed by atoms with van der Waals surface area (Å²) in [7, 11) is 0. The molecule has 26 heavy (non-hydrogen) atoms. The molecule has 3 rings (SSSR count). The van der Waals surface area contributed by atoms with E-state index in [0.29, 0.717) is 23.5 Å². The fraction of sp³-hybridized carbons (Fsp3) is 0.250. The lowest BCUT2D eigenvalue weighted by atomic mass is 10.1. The van der Waals surface area contributed by atoms with Gasteiger partial charge in [0.25, 0.3) is 0 Å². The van der Waals surface area contributed by atoms with Crippen molar-refractivity contribution in [3.8, 4) is 5.88 Å². The summed E-state index contributed by atoms with van der Waals surface area (Å²) in [6.07, 6.45) is 7.27. The van der Waals surface area contributed by atoms with Crippen LogP contribution in [0.1, 0.15) is 31.4 Å². The highest BCUT2D eigenvalue weighted by molar-refractivity contribution is 5.91. The highest BCUT2D eigenvalue weighted by Crippen LogP contribution is 2.27. The molecule has 0 aliphatic rings. The van der Waals surface area contributed by atoms with Crippen molar-refractivity contribution >= 4 is 22.9 Å². The second kappa shape index (κ2) is 7.91. The normalized spacial score (nSPS) is 11.5. The predicted molar refractivity (Wildman–Crippen MR) is 98.1 cm³/mol. The Balaban J connectivity index is 1.81. The zero-order valence-electron chi connectivity index (χ0n) is 14.7. The van der Waals surface area contributed by atoms with E-state index in [1.54, 1.807) is 18.3 Å². The largest absolute Gasteiger partial charge is 0.472 e. The number of nitrogens with one attached hydrogen (secondary N) is 1. The number of H-pyrrole nitrogens is 1. The maximum absolute atomic E-state index is 13.3. The molecule has 2 heterocycles. The quantitative estimate of drug-likeness (QED) is 0.687. The van der Waals surface area contributed by atoms with Crippen LogP contribution < -0.4 is 4.74 Å².